The van der Waals surface area contributed by atoms with Crippen molar-refractivity contribution in [2.24, 2.45) is 0 Å². The second kappa shape index (κ2) is 8.09. The van der Waals surface area contributed by atoms with Crippen LogP contribution in [0.15, 0.2) is 65.2 Å². The van der Waals surface area contributed by atoms with Crippen LogP contribution >= 0.6 is 11.3 Å². The molecule has 0 aliphatic carbocycles. The first-order valence-electron chi connectivity index (χ1n) is 10.2. The Kier molecular flexibility index (Phi) is 5.11. The summed E-state index contributed by atoms with van der Waals surface area (Å²) in [6, 6.07) is 17.1. The second-order valence-electron chi connectivity index (χ2n) is 7.63. The summed E-state index contributed by atoms with van der Waals surface area (Å²) in [5, 5.41) is 1.41. The fourth-order valence-corrected chi connectivity index (χ4v) is 4.81. The maximum atomic E-state index is 13.7. The molecule has 0 unspecified atom stereocenters. The highest BCUT2D eigenvalue weighted by Crippen LogP contribution is 2.35. The molecule has 3 aromatic heterocycles. The number of pyridine rings is 1. The van der Waals surface area contributed by atoms with E-state index in [1.807, 2.05) is 49.4 Å². The van der Waals surface area contributed by atoms with Crippen molar-refractivity contribution < 1.29 is 13.9 Å². The number of ether oxygens (including phenoxy) is 1. The molecule has 6 nitrogen and oxygen atoms in total. The Labute approximate surface area is 189 Å². The number of rotatable bonds is 5. The van der Waals surface area contributed by atoms with Gasteiger partial charge in [-0.05, 0) is 55.3 Å². The number of benzene rings is 2. The van der Waals surface area contributed by atoms with Crippen LogP contribution in [0.2, 0.25) is 0 Å². The van der Waals surface area contributed by atoms with Crippen molar-refractivity contribution in [1.82, 2.24) is 9.97 Å². The number of hydrogen-bond donors (Lipinski definition) is 0. The fraction of sp³-hybridized carbons (Fsp3) is 0.160. The number of aromatic nitrogens is 2. The number of amides is 1. The topological polar surface area (TPSA) is 68.5 Å². The first-order chi connectivity index (χ1) is 15.5. The average molecular weight is 444 g/mol. The van der Waals surface area contributed by atoms with Crippen LogP contribution in [0.3, 0.4) is 0 Å². The van der Waals surface area contributed by atoms with Crippen molar-refractivity contribution >= 4 is 43.6 Å². The Morgan fingerprint density at radius 3 is 2.78 bits per heavy atom. The highest BCUT2D eigenvalue weighted by molar-refractivity contribution is 7.22. The Bertz CT molecular complexity index is 1440. The van der Waals surface area contributed by atoms with Crippen LogP contribution in [-0.2, 0) is 6.54 Å². The Hall–Kier alpha value is -3.71. The van der Waals surface area contributed by atoms with Gasteiger partial charge >= 0.3 is 0 Å². The number of para-hydroxylation sites is 1. The zero-order valence-electron chi connectivity index (χ0n) is 18.0. The van der Waals surface area contributed by atoms with E-state index in [4.69, 9.17) is 14.1 Å². The number of anilines is 1. The van der Waals surface area contributed by atoms with Crippen molar-refractivity contribution in [2.45, 2.75) is 20.4 Å². The van der Waals surface area contributed by atoms with E-state index in [0.717, 1.165) is 32.4 Å². The molecule has 0 aliphatic rings. The summed E-state index contributed by atoms with van der Waals surface area (Å²) in [5.41, 5.74) is 4.47. The number of furan rings is 1. The lowest BCUT2D eigenvalue weighted by molar-refractivity contribution is 0.0960. The van der Waals surface area contributed by atoms with Crippen LogP contribution in [0, 0.1) is 13.8 Å². The maximum absolute atomic E-state index is 13.7. The van der Waals surface area contributed by atoms with E-state index in [2.05, 4.69) is 18.0 Å². The minimum absolute atomic E-state index is 0.229. The zero-order valence-corrected chi connectivity index (χ0v) is 18.8. The first-order valence-corrected chi connectivity index (χ1v) is 11.0. The van der Waals surface area contributed by atoms with Gasteiger partial charge in [-0.3, -0.25) is 14.7 Å². The molecule has 3 heterocycles. The monoisotopic (exact) mass is 443 g/mol. The van der Waals surface area contributed by atoms with Crippen LogP contribution in [0.1, 0.15) is 27.4 Å². The molecule has 32 heavy (non-hydrogen) atoms. The van der Waals surface area contributed by atoms with E-state index in [1.54, 1.807) is 24.3 Å². The molecule has 0 fully saturated rings. The Balaban J connectivity index is 1.61. The van der Waals surface area contributed by atoms with E-state index < -0.39 is 0 Å². The number of carbonyl (C=O) groups excluding carboxylic acids is 1. The summed E-state index contributed by atoms with van der Waals surface area (Å²) in [4.78, 5) is 24.5. The van der Waals surface area contributed by atoms with E-state index in [-0.39, 0.29) is 18.2 Å². The predicted molar refractivity (Wildman–Crippen MR) is 127 cm³/mol. The van der Waals surface area contributed by atoms with E-state index in [1.165, 1.54) is 11.3 Å². The van der Waals surface area contributed by atoms with Gasteiger partial charge in [-0.2, -0.15) is 0 Å². The van der Waals surface area contributed by atoms with Crippen molar-refractivity contribution in [3.8, 4) is 5.75 Å². The van der Waals surface area contributed by atoms with E-state index >= 15 is 0 Å². The van der Waals surface area contributed by atoms with Gasteiger partial charge in [0.2, 0.25) is 0 Å². The standard InChI is InChI=1S/C25H21N3O3S/c1-15-11-16(2)23-19(12-15)27-25(32-23)28(14-18-8-4-5-10-26-18)24(29)21-13-17-7-6-9-20(30-3)22(17)31-21/h4-13H,14H2,1-3H3. The van der Waals surface area contributed by atoms with Crippen LogP contribution in [0.5, 0.6) is 5.75 Å². The molecule has 160 valence electrons. The van der Waals surface area contributed by atoms with Crippen molar-refractivity contribution in [3.05, 3.63) is 83.4 Å². The average Bonchev–Trinajstić information content (AvgIpc) is 3.42. The molecule has 0 atom stereocenters. The van der Waals surface area contributed by atoms with Gasteiger partial charge in [0, 0.05) is 11.6 Å². The van der Waals surface area contributed by atoms with Crippen molar-refractivity contribution in [3.63, 3.8) is 0 Å². The van der Waals surface area contributed by atoms with Crippen LogP contribution < -0.4 is 9.64 Å². The molecule has 2 aromatic carbocycles. The molecule has 0 bridgehead atoms. The number of thiazole rings is 1. The molecular formula is C25H21N3O3S. The van der Waals surface area contributed by atoms with Gasteiger partial charge in [0.05, 0.1) is 29.6 Å². The molecule has 5 aromatic rings. The van der Waals surface area contributed by atoms with Gasteiger partial charge in [-0.25, -0.2) is 4.98 Å². The molecule has 7 heteroatoms. The van der Waals surface area contributed by atoms with Crippen molar-refractivity contribution in [2.75, 3.05) is 12.0 Å². The molecule has 0 spiro atoms. The molecule has 0 radical (unpaired) electrons. The summed E-state index contributed by atoms with van der Waals surface area (Å²) in [7, 11) is 1.58. The molecule has 1 amide bonds. The summed E-state index contributed by atoms with van der Waals surface area (Å²) >= 11 is 1.50. The summed E-state index contributed by atoms with van der Waals surface area (Å²) in [5.74, 6) is 0.541. The van der Waals surface area contributed by atoms with Gasteiger partial charge in [-0.1, -0.05) is 35.6 Å². The predicted octanol–water partition coefficient (Wildman–Crippen LogP) is 5.91. The van der Waals surface area contributed by atoms with E-state index in [0.29, 0.717) is 16.5 Å². The summed E-state index contributed by atoms with van der Waals surface area (Å²) < 4.78 is 12.4. The molecule has 0 aliphatic heterocycles. The van der Waals surface area contributed by atoms with Crippen LogP contribution in [0.4, 0.5) is 5.13 Å². The SMILES string of the molecule is COc1cccc2cc(C(=O)N(Cc3ccccn3)c3nc4cc(C)cc(C)c4s3)oc12. The number of aryl methyl sites for hydroxylation is 2. The smallest absolute Gasteiger partial charge is 0.296 e. The number of nitrogens with zero attached hydrogens (tertiary/aromatic N) is 3. The van der Waals surface area contributed by atoms with Crippen LogP contribution in [-0.4, -0.2) is 23.0 Å². The molecule has 0 saturated carbocycles. The van der Waals surface area contributed by atoms with Crippen molar-refractivity contribution in [1.29, 1.82) is 0 Å². The number of methoxy groups -OCH3 is 1. The summed E-state index contributed by atoms with van der Waals surface area (Å²) in [6.45, 7) is 4.39. The lowest BCUT2D eigenvalue weighted by Crippen LogP contribution is -2.30. The van der Waals surface area contributed by atoms with Gasteiger partial charge in [0.25, 0.3) is 5.91 Å². The molecule has 0 saturated heterocycles. The normalized spacial score (nSPS) is 11.2. The van der Waals surface area contributed by atoms with Gasteiger partial charge in [-0.15, -0.1) is 0 Å². The van der Waals surface area contributed by atoms with Gasteiger partial charge in [0.1, 0.15) is 0 Å². The number of fused-ring (bicyclic) bond motifs is 2. The zero-order chi connectivity index (χ0) is 22.2. The molecular weight excluding hydrogens is 422 g/mol. The number of hydrogen-bond acceptors (Lipinski definition) is 6. The maximum Gasteiger partial charge on any atom is 0.296 e. The number of carbonyl (C=O) groups is 1. The minimum Gasteiger partial charge on any atom is -0.493 e. The lowest BCUT2D eigenvalue weighted by Gasteiger charge is -2.18. The Morgan fingerprint density at radius 1 is 1.12 bits per heavy atom. The third kappa shape index (κ3) is 3.61. The highest BCUT2D eigenvalue weighted by Gasteiger charge is 2.26. The van der Waals surface area contributed by atoms with Gasteiger partial charge in [0.15, 0.2) is 22.2 Å². The summed E-state index contributed by atoms with van der Waals surface area (Å²) in [6.07, 6.45) is 1.72. The fourth-order valence-electron chi connectivity index (χ4n) is 3.80. The minimum atomic E-state index is -0.276. The largest absolute Gasteiger partial charge is 0.493 e. The molecule has 5 rings (SSSR count). The highest BCUT2D eigenvalue weighted by atomic mass is 32.1. The van der Waals surface area contributed by atoms with Crippen LogP contribution in [0.25, 0.3) is 21.2 Å². The third-order valence-electron chi connectivity index (χ3n) is 5.27. The third-order valence-corrected chi connectivity index (χ3v) is 6.50. The molecule has 0 N–H and O–H groups in total. The van der Waals surface area contributed by atoms with E-state index in [9.17, 15) is 4.79 Å². The first kappa shape index (κ1) is 20.2. The Morgan fingerprint density at radius 2 is 2.00 bits per heavy atom. The second-order valence-corrected chi connectivity index (χ2v) is 8.61. The quantitative estimate of drug-likeness (QED) is 0.338. The lowest BCUT2D eigenvalue weighted by atomic mass is 10.1. The van der Waals surface area contributed by atoms with Gasteiger partial charge < -0.3 is 9.15 Å².